The molecule has 0 aliphatic carbocycles. The molecule has 0 saturated carbocycles. The van der Waals surface area contributed by atoms with Crippen LogP contribution in [0.1, 0.15) is 39.2 Å². The number of carbonyl (C=O) groups excluding carboxylic acids is 2. The SMILES string of the molecule is CC[C@@H](C)NC(=O)[C@H](CC)N(Cc1ccc(F)cc1)C(=O)CN(c1ccc(Cl)cc1Cl)S(C)(=O)=O. The van der Waals surface area contributed by atoms with Gasteiger partial charge < -0.3 is 10.2 Å². The van der Waals surface area contributed by atoms with Gasteiger partial charge in [0.25, 0.3) is 0 Å². The summed E-state index contributed by atoms with van der Waals surface area (Å²) >= 11 is 12.2. The molecule has 0 spiro atoms. The van der Waals surface area contributed by atoms with Crippen LogP contribution < -0.4 is 9.62 Å². The Bertz CT molecular complexity index is 1150. The van der Waals surface area contributed by atoms with Crippen LogP contribution in [-0.2, 0) is 26.2 Å². The summed E-state index contributed by atoms with van der Waals surface area (Å²) in [5.41, 5.74) is 0.677. The molecule has 0 heterocycles. The molecule has 0 fully saturated rings. The molecule has 0 radical (unpaired) electrons. The van der Waals surface area contributed by atoms with E-state index in [9.17, 15) is 22.4 Å². The molecular formula is C24H30Cl2FN3O4S. The molecule has 0 saturated heterocycles. The predicted molar refractivity (Wildman–Crippen MR) is 138 cm³/mol. The minimum absolute atomic E-state index is 0.0164. The standard InChI is InChI=1S/C24H30Cl2FN3O4S/c1-5-16(3)28-24(32)21(6-2)29(14-17-7-10-19(27)11-8-17)23(31)15-30(35(4,33)34)22-12-9-18(25)13-20(22)26/h7-13,16,21H,5-6,14-15H2,1-4H3,(H,28,32)/t16-,21+/m1/s1. The summed E-state index contributed by atoms with van der Waals surface area (Å²) in [6, 6.07) is 8.82. The summed E-state index contributed by atoms with van der Waals surface area (Å²) < 4.78 is 39.6. The summed E-state index contributed by atoms with van der Waals surface area (Å²) in [5, 5.41) is 3.25. The highest BCUT2D eigenvalue weighted by Gasteiger charge is 2.32. The van der Waals surface area contributed by atoms with Crippen LogP contribution in [0.25, 0.3) is 0 Å². The molecule has 0 aliphatic heterocycles. The maximum Gasteiger partial charge on any atom is 0.244 e. The summed E-state index contributed by atoms with van der Waals surface area (Å²) in [6.45, 7) is 4.93. The Balaban J connectivity index is 2.46. The summed E-state index contributed by atoms with van der Waals surface area (Å²) in [6.07, 6.45) is 1.95. The van der Waals surface area contributed by atoms with E-state index >= 15 is 0 Å². The van der Waals surface area contributed by atoms with Gasteiger partial charge >= 0.3 is 0 Å². The Morgan fingerprint density at radius 3 is 2.20 bits per heavy atom. The molecular weight excluding hydrogens is 516 g/mol. The first-order valence-electron chi connectivity index (χ1n) is 11.1. The lowest BCUT2D eigenvalue weighted by molar-refractivity contribution is -0.140. The number of anilines is 1. The molecule has 2 amide bonds. The van der Waals surface area contributed by atoms with Crippen LogP contribution in [-0.4, -0.2) is 50.0 Å². The number of halogens is 3. The lowest BCUT2D eigenvalue weighted by Gasteiger charge is -2.33. The van der Waals surface area contributed by atoms with Gasteiger partial charge in [0.1, 0.15) is 18.4 Å². The zero-order valence-corrected chi connectivity index (χ0v) is 22.4. The Labute approximate surface area is 216 Å². The first-order chi connectivity index (χ1) is 16.4. The minimum Gasteiger partial charge on any atom is -0.352 e. The van der Waals surface area contributed by atoms with E-state index in [0.717, 1.165) is 10.6 Å². The quantitative estimate of drug-likeness (QED) is 0.446. The molecule has 192 valence electrons. The molecule has 7 nitrogen and oxygen atoms in total. The number of hydrogen-bond donors (Lipinski definition) is 1. The van der Waals surface area contributed by atoms with E-state index in [2.05, 4.69) is 5.32 Å². The number of amides is 2. The third-order valence-corrected chi connectivity index (χ3v) is 7.18. The first kappa shape index (κ1) is 28.9. The van der Waals surface area contributed by atoms with Crippen molar-refractivity contribution in [1.82, 2.24) is 10.2 Å². The lowest BCUT2D eigenvalue weighted by atomic mass is 10.1. The second-order valence-electron chi connectivity index (χ2n) is 8.26. The van der Waals surface area contributed by atoms with Crippen molar-refractivity contribution in [2.24, 2.45) is 0 Å². The van der Waals surface area contributed by atoms with E-state index in [1.165, 1.54) is 47.4 Å². The number of rotatable bonds is 11. The highest BCUT2D eigenvalue weighted by atomic mass is 35.5. The van der Waals surface area contributed by atoms with Crippen molar-refractivity contribution in [1.29, 1.82) is 0 Å². The van der Waals surface area contributed by atoms with E-state index in [1.807, 2.05) is 13.8 Å². The Hall–Kier alpha value is -2.36. The third-order valence-electron chi connectivity index (χ3n) is 5.51. The molecule has 2 aromatic carbocycles. The minimum atomic E-state index is -3.93. The molecule has 0 unspecified atom stereocenters. The number of carbonyl (C=O) groups is 2. The molecule has 11 heteroatoms. The van der Waals surface area contributed by atoms with Gasteiger partial charge in [-0.15, -0.1) is 0 Å². The van der Waals surface area contributed by atoms with Gasteiger partial charge in [0.15, 0.2) is 0 Å². The molecule has 2 rings (SSSR count). The van der Waals surface area contributed by atoms with Gasteiger partial charge in [0.2, 0.25) is 21.8 Å². The zero-order chi connectivity index (χ0) is 26.3. The van der Waals surface area contributed by atoms with Crippen LogP contribution in [0.15, 0.2) is 42.5 Å². The van der Waals surface area contributed by atoms with Crippen LogP contribution in [0, 0.1) is 5.82 Å². The average molecular weight is 546 g/mol. The highest BCUT2D eigenvalue weighted by molar-refractivity contribution is 7.92. The van der Waals surface area contributed by atoms with E-state index in [4.69, 9.17) is 23.2 Å². The molecule has 0 aromatic heterocycles. The van der Waals surface area contributed by atoms with E-state index < -0.39 is 34.3 Å². The second-order valence-corrected chi connectivity index (χ2v) is 11.0. The van der Waals surface area contributed by atoms with Gasteiger partial charge in [-0.25, -0.2) is 12.8 Å². The van der Waals surface area contributed by atoms with Crippen molar-refractivity contribution >= 4 is 50.7 Å². The monoisotopic (exact) mass is 545 g/mol. The Morgan fingerprint density at radius 1 is 1.06 bits per heavy atom. The Morgan fingerprint density at radius 2 is 1.69 bits per heavy atom. The molecule has 0 aliphatic rings. The van der Waals surface area contributed by atoms with Gasteiger partial charge in [-0.05, 0) is 55.7 Å². The molecule has 0 bridgehead atoms. The van der Waals surface area contributed by atoms with Gasteiger partial charge in [0, 0.05) is 17.6 Å². The number of benzene rings is 2. The Kier molecular flexibility index (Phi) is 10.4. The van der Waals surface area contributed by atoms with Crippen molar-refractivity contribution in [3.05, 3.63) is 63.9 Å². The number of sulfonamides is 1. The van der Waals surface area contributed by atoms with Gasteiger partial charge in [0.05, 0.1) is 17.0 Å². The average Bonchev–Trinajstić information content (AvgIpc) is 2.78. The summed E-state index contributed by atoms with van der Waals surface area (Å²) in [5.74, 6) is -1.40. The van der Waals surface area contributed by atoms with Gasteiger partial charge in [-0.2, -0.15) is 0 Å². The zero-order valence-electron chi connectivity index (χ0n) is 20.1. The van der Waals surface area contributed by atoms with Gasteiger partial charge in [-0.1, -0.05) is 49.2 Å². The van der Waals surface area contributed by atoms with Crippen molar-refractivity contribution in [3.63, 3.8) is 0 Å². The second kappa shape index (κ2) is 12.6. The molecule has 35 heavy (non-hydrogen) atoms. The van der Waals surface area contributed by atoms with Crippen LogP contribution in [0.2, 0.25) is 10.0 Å². The van der Waals surface area contributed by atoms with Crippen LogP contribution in [0.5, 0.6) is 0 Å². The molecule has 1 N–H and O–H groups in total. The van der Waals surface area contributed by atoms with Crippen molar-refractivity contribution < 1.29 is 22.4 Å². The predicted octanol–water partition coefficient (Wildman–Crippen LogP) is 4.62. The van der Waals surface area contributed by atoms with E-state index in [0.29, 0.717) is 17.0 Å². The largest absolute Gasteiger partial charge is 0.352 e. The smallest absolute Gasteiger partial charge is 0.244 e. The number of nitrogens with one attached hydrogen (secondary N) is 1. The van der Waals surface area contributed by atoms with Crippen molar-refractivity contribution in [2.75, 3.05) is 17.1 Å². The normalized spacial score (nSPS) is 13.1. The topological polar surface area (TPSA) is 86.8 Å². The first-order valence-corrected chi connectivity index (χ1v) is 13.7. The molecule has 2 aromatic rings. The fourth-order valence-electron chi connectivity index (χ4n) is 3.43. The summed E-state index contributed by atoms with van der Waals surface area (Å²) in [4.78, 5) is 27.9. The van der Waals surface area contributed by atoms with Crippen LogP contribution in [0.3, 0.4) is 0 Å². The number of nitrogens with zero attached hydrogens (tertiary/aromatic N) is 2. The fourth-order valence-corrected chi connectivity index (χ4v) is 4.85. The molecule has 2 atom stereocenters. The summed E-state index contributed by atoms with van der Waals surface area (Å²) in [7, 11) is -3.93. The maximum atomic E-state index is 13.6. The highest BCUT2D eigenvalue weighted by Crippen LogP contribution is 2.30. The lowest BCUT2D eigenvalue weighted by Crippen LogP contribution is -2.53. The fraction of sp³-hybridized carbons (Fsp3) is 0.417. The van der Waals surface area contributed by atoms with Crippen LogP contribution in [0.4, 0.5) is 10.1 Å². The van der Waals surface area contributed by atoms with E-state index in [-0.39, 0.29) is 35.6 Å². The van der Waals surface area contributed by atoms with Crippen molar-refractivity contribution in [2.45, 2.75) is 52.2 Å². The maximum absolute atomic E-state index is 13.6. The number of hydrogen-bond acceptors (Lipinski definition) is 4. The third kappa shape index (κ3) is 8.08. The van der Waals surface area contributed by atoms with Crippen molar-refractivity contribution in [3.8, 4) is 0 Å². The van der Waals surface area contributed by atoms with Gasteiger partial charge in [-0.3, -0.25) is 13.9 Å². The van der Waals surface area contributed by atoms with E-state index in [1.54, 1.807) is 6.92 Å². The van der Waals surface area contributed by atoms with Crippen LogP contribution >= 0.6 is 23.2 Å².